The number of carbonyl (C=O) groups is 1. The van der Waals surface area contributed by atoms with E-state index in [0.29, 0.717) is 5.57 Å². The van der Waals surface area contributed by atoms with Gasteiger partial charge in [-0.1, -0.05) is 188 Å². The largest absolute Gasteiger partial charge is 0.289 e. The van der Waals surface area contributed by atoms with Gasteiger partial charge < -0.3 is 0 Å². The van der Waals surface area contributed by atoms with Crippen LogP contribution < -0.4 is 15.9 Å². The Bertz CT molecular complexity index is 2590. The molecule has 0 aliphatic heterocycles. The van der Waals surface area contributed by atoms with Crippen molar-refractivity contribution in [3.05, 3.63) is 247 Å². The summed E-state index contributed by atoms with van der Waals surface area (Å²) in [5, 5.41) is 4.71. The highest BCUT2D eigenvalue weighted by molar-refractivity contribution is 7.98. The van der Waals surface area contributed by atoms with Crippen molar-refractivity contribution < 1.29 is 4.79 Å². The first-order valence-electron chi connectivity index (χ1n) is 18.8. The van der Waals surface area contributed by atoms with Crippen molar-refractivity contribution in [1.82, 2.24) is 0 Å². The maximum Gasteiger partial charge on any atom is 0.187 e. The summed E-state index contributed by atoms with van der Waals surface area (Å²) in [7, 11) is 0. The van der Waals surface area contributed by atoms with Crippen LogP contribution in [0.5, 0.6) is 0 Å². The topological polar surface area (TPSA) is 41.8 Å². The molecule has 2 aliphatic carbocycles. The normalized spacial score (nSPS) is 15.7. The minimum atomic E-state index is -2.70. The molecule has 4 heteroatoms. The third-order valence-corrected chi connectivity index (χ3v) is 14.6. The van der Waals surface area contributed by atoms with Crippen LogP contribution in [0, 0.1) is 0 Å². The van der Waals surface area contributed by atoms with E-state index in [2.05, 4.69) is 133 Å². The second-order valence-electron chi connectivity index (χ2n) is 13.6. The molecule has 1 saturated carbocycles. The van der Waals surface area contributed by atoms with Gasteiger partial charge in [0.05, 0.1) is 22.8 Å². The lowest BCUT2D eigenvalue weighted by Crippen LogP contribution is -2.48. The third kappa shape index (κ3) is 6.39. The Labute approximate surface area is 328 Å². The summed E-state index contributed by atoms with van der Waals surface area (Å²) in [6, 6.07) is 73.1. The molecule has 3 nitrogen and oxygen atoms in total. The van der Waals surface area contributed by atoms with Crippen LogP contribution in [0.1, 0.15) is 11.1 Å². The van der Waals surface area contributed by atoms with Gasteiger partial charge in [-0.2, -0.15) is 0 Å². The summed E-state index contributed by atoms with van der Waals surface area (Å²) >= 11 is 0. The minimum absolute atomic E-state index is 0.0364. The Kier molecular flexibility index (Phi) is 9.59. The molecule has 2 aliphatic rings. The summed E-state index contributed by atoms with van der Waals surface area (Å²) < 4.78 is 0. The van der Waals surface area contributed by atoms with Crippen LogP contribution in [0.4, 0.5) is 11.4 Å². The quantitative estimate of drug-likeness (QED) is 0.150. The van der Waals surface area contributed by atoms with Gasteiger partial charge in [0.2, 0.25) is 0 Å². The van der Waals surface area contributed by atoms with Gasteiger partial charge in [0.15, 0.2) is 5.78 Å². The molecule has 1 fully saturated rings. The molecule has 9 rings (SSSR count). The first-order chi connectivity index (χ1) is 27.7. The van der Waals surface area contributed by atoms with Gasteiger partial charge in [-0.25, -0.2) is 9.98 Å². The number of benzene rings is 7. The minimum Gasteiger partial charge on any atom is -0.289 e. The van der Waals surface area contributed by atoms with Crippen molar-refractivity contribution in [2.24, 2.45) is 9.98 Å². The van der Waals surface area contributed by atoms with Crippen LogP contribution >= 0.6 is 6.89 Å². The highest BCUT2D eigenvalue weighted by Gasteiger charge is 2.46. The van der Waals surface area contributed by atoms with Crippen molar-refractivity contribution in [2.75, 3.05) is 0 Å². The highest BCUT2D eigenvalue weighted by atomic mass is 31.2. The summed E-state index contributed by atoms with van der Waals surface area (Å²) in [4.78, 5) is 25.4. The Hall–Kier alpha value is -6.93. The fourth-order valence-electron chi connectivity index (χ4n) is 7.73. The number of para-hydroxylation sites is 2. The lowest BCUT2D eigenvalue weighted by Gasteiger charge is -2.41. The molecule has 0 atom stereocenters. The summed E-state index contributed by atoms with van der Waals surface area (Å²) in [6.07, 6.45) is 3.87. The molecule has 7 aromatic carbocycles. The van der Waals surface area contributed by atoms with E-state index in [1.54, 1.807) is 6.08 Å². The lowest BCUT2D eigenvalue weighted by atomic mass is 9.76. The maximum atomic E-state index is 14.1. The van der Waals surface area contributed by atoms with Gasteiger partial charge >= 0.3 is 0 Å². The van der Waals surface area contributed by atoms with Gasteiger partial charge in [-0.3, -0.25) is 4.79 Å². The predicted octanol–water partition coefficient (Wildman–Crippen LogP) is 10.8. The van der Waals surface area contributed by atoms with Gasteiger partial charge in [-0.05, 0) is 81.5 Å². The first-order valence-corrected chi connectivity index (χ1v) is 20.6. The second kappa shape index (κ2) is 15.4. The average Bonchev–Trinajstić information content (AvgIpc) is 3.27. The van der Waals surface area contributed by atoms with Gasteiger partial charge in [0.25, 0.3) is 0 Å². The average molecular weight is 737 g/mol. The van der Waals surface area contributed by atoms with Crippen molar-refractivity contribution in [3.8, 4) is 0 Å². The van der Waals surface area contributed by atoms with E-state index < -0.39 is 6.89 Å². The summed E-state index contributed by atoms with van der Waals surface area (Å²) in [5.41, 5.74) is 8.53. The number of ketones is 1. The number of carbonyl (C=O) groups excluding carboxylic acids is 1. The molecule has 0 bridgehead atoms. The van der Waals surface area contributed by atoms with Crippen LogP contribution in [-0.2, 0) is 4.79 Å². The Morgan fingerprint density at radius 3 is 1.09 bits per heavy atom. The smallest absolute Gasteiger partial charge is 0.187 e. The van der Waals surface area contributed by atoms with Gasteiger partial charge in [-0.15, -0.1) is 0 Å². The molecule has 7 aromatic rings. The fraction of sp³-hybridized carbons (Fsp3) is 0. The van der Waals surface area contributed by atoms with Crippen molar-refractivity contribution >= 4 is 67.8 Å². The fourth-order valence-corrected chi connectivity index (χ4v) is 12.2. The predicted molar refractivity (Wildman–Crippen MR) is 238 cm³/mol. The molecule has 0 aromatic heterocycles. The molecule has 0 heterocycles. The SMILES string of the molecule is O=C1C=C(c2ccccc2)C(=C2C(=Nc3ccccc3)C(=P(c3ccccc3)(c3ccccc3)c3ccccc3)C2=Nc2ccccc2)C=C1c1ccccc1. The summed E-state index contributed by atoms with van der Waals surface area (Å²) in [5.74, 6) is -0.0364. The van der Waals surface area contributed by atoms with Crippen LogP contribution in [0.25, 0.3) is 11.1 Å². The van der Waals surface area contributed by atoms with Gasteiger partial charge in [0.1, 0.15) is 0 Å². The van der Waals surface area contributed by atoms with E-state index in [1.165, 1.54) is 15.9 Å². The van der Waals surface area contributed by atoms with Crippen LogP contribution in [0.3, 0.4) is 0 Å². The number of nitrogens with zero attached hydrogens (tertiary/aromatic N) is 2. The van der Waals surface area contributed by atoms with Crippen molar-refractivity contribution in [1.29, 1.82) is 0 Å². The number of allylic oxidation sites excluding steroid dienone is 6. The van der Waals surface area contributed by atoms with Crippen molar-refractivity contribution in [2.45, 2.75) is 0 Å². The molecule has 0 spiro atoms. The molecular weight excluding hydrogens is 700 g/mol. The molecule has 56 heavy (non-hydrogen) atoms. The lowest BCUT2D eigenvalue weighted by molar-refractivity contribution is -0.109. The van der Waals surface area contributed by atoms with E-state index in [4.69, 9.17) is 9.98 Å². The summed E-state index contributed by atoms with van der Waals surface area (Å²) in [6.45, 7) is -2.70. The molecule has 0 amide bonds. The monoisotopic (exact) mass is 736 g/mol. The van der Waals surface area contributed by atoms with Crippen LogP contribution in [0.2, 0.25) is 0 Å². The number of aliphatic imine (C=N–C) groups is 2. The Morgan fingerprint density at radius 1 is 0.357 bits per heavy atom. The molecule has 0 saturated heterocycles. The molecular formula is C52H37N2OP. The molecule has 266 valence electrons. The highest BCUT2D eigenvalue weighted by Crippen LogP contribution is 2.52. The third-order valence-electron chi connectivity index (χ3n) is 10.2. The number of rotatable bonds is 7. The maximum absolute atomic E-state index is 14.1. The standard InChI is InChI=1S/C52H37N2OP/c55-48-37-45(38-22-8-1-9-23-38)47(36-46(48)39-24-10-2-11-25-39)49-50(53-40-26-12-3-13-27-40)52(51(49)54-41-28-14-4-15-29-41)56(42-30-16-5-17-31-42,43-32-18-6-19-33-43)44-34-20-7-21-35-44/h1-37H. The van der Waals surface area contributed by atoms with Crippen LogP contribution in [0.15, 0.2) is 246 Å². The molecule has 0 radical (unpaired) electrons. The van der Waals surface area contributed by atoms with E-state index >= 15 is 0 Å². The zero-order valence-corrected chi connectivity index (χ0v) is 31.5. The Morgan fingerprint density at radius 2 is 0.696 bits per heavy atom. The van der Waals surface area contributed by atoms with E-state index in [1.807, 2.05) is 84.9 Å². The molecule has 0 N–H and O–H groups in total. The number of hydrogen-bond donors (Lipinski definition) is 0. The zero-order valence-electron chi connectivity index (χ0n) is 30.6. The molecule has 0 unspecified atom stereocenters. The first kappa shape index (κ1) is 34.8. The van der Waals surface area contributed by atoms with E-state index in [0.717, 1.165) is 55.9 Å². The zero-order chi connectivity index (χ0) is 37.7. The Balaban J connectivity index is 1.51. The number of hydrogen-bond acceptors (Lipinski definition) is 3. The van der Waals surface area contributed by atoms with E-state index in [9.17, 15) is 4.79 Å². The second-order valence-corrected chi connectivity index (χ2v) is 17.0. The van der Waals surface area contributed by atoms with Crippen LogP contribution in [-0.4, -0.2) is 22.5 Å². The van der Waals surface area contributed by atoms with Gasteiger partial charge in [0, 0.05) is 16.4 Å². The van der Waals surface area contributed by atoms with E-state index in [-0.39, 0.29) is 5.78 Å². The van der Waals surface area contributed by atoms with Crippen molar-refractivity contribution in [3.63, 3.8) is 0 Å².